The van der Waals surface area contributed by atoms with Crippen molar-refractivity contribution in [2.75, 3.05) is 73.6 Å². The Kier molecular flexibility index (Phi) is 9.57. The highest BCUT2D eigenvalue weighted by Crippen LogP contribution is 2.31. The summed E-state index contributed by atoms with van der Waals surface area (Å²) in [7, 11) is 1.78. The molecule has 3 fully saturated rings. The van der Waals surface area contributed by atoms with E-state index in [1.165, 1.54) is 0 Å². The number of piperazine rings is 3. The number of hydrogen-bond donors (Lipinski definition) is 0. The molecule has 0 N–H and O–H groups in total. The molecule has 1 amide bonds. The van der Waals surface area contributed by atoms with Crippen LogP contribution >= 0.6 is 0 Å². The minimum atomic E-state index is -0.489. The summed E-state index contributed by atoms with van der Waals surface area (Å²) in [5.41, 5.74) is 3.41. The van der Waals surface area contributed by atoms with Crippen LogP contribution in [0.5, 0.6) is 0 Å². The summed E-state index contributed by atoms with van der Waals surface area (Å²) in [5.74, 6) is 1.03. The summed E-state index contributed by atoms with van der Waals surface area (Å²) in [4.78, 5) is 46.3. The molecular formula is C34H50N8O3. The molecule has 0 spiro atoms. The maximum Gasteiger partial charge on any atom is 0.410 e. The fourth-order valence-electron chi connectivity index (χ4n) is 6.81. The molecule has 3 aromatic heterocycles. The van der Waals surface area contributed by atoms with E-state index >= 15 is 0 Å². The second-order valence-electron chi connectivity index (χ2n) is 13.2. The molecule has 6 heterocycles. The number of ether oxygens (including phenoxy) is 1. The van der Waals surface area contributed by atoms with E-state index in [2.05, 4.69) is 50.6 Å². The van der Waals surface area contributed by atoms with Crippen LogP contribution in [0.1, 0.15) is 47.1 Å². The van der Waals surface area contributed by atoms with Crippen LogP contribution < -0.4 is 20.3 Å². The predicted molar refractivity (Wildman–Crippen MR) is 182 cm³/mol. The zero-order valence-electron chi connectivity index (χ0n) is 28.3. The lowest BCUT2D eigenvalue weighted by Crippen LogP contribution is -2.65. The fourth-order valence-corrected chi connectivity index (χ4v) is 6.81. The van der Waals surface area contributed by atoms with Crippen LogP contribution in [-0.2, 0) is 11.8 Å². The molecule has 6 rings (SSSR count). The molecule has 45 heavy (non-hydrogen) atoms. The Labute approximate surface area is 267 Å². The third kappa shape index (κ3) is 6.88. The normalized spacial score (nSPS) is 20.9. The number of carbonyl (C=O) groups is 1. The first-order valence-electron chi connectivity index (χ1n) is 16.4. The maximum absolute atomic E-state index is 12.8. The van der Waals surface area contributed by atoms with Crippen molar-refractivity contribution in [3.63, 3.8) is 0 Å². The van der Waals surface area contributed by atoms with Gasteiger partial charge in [0.1, 0.15) is 17.1 Å². The van der Waals surface area contributed by atoms with E-state index in [0.29, 0.717) is 25.2 Å². The molecule has 0 aromatic carbocycles. The molecule has 11 nitrogen and oxygen atoms in total. The molecule has 244 valence electrons. The molecule has 3 saturated heterocycles. The Morgan fingerprint density at radius 3 is 2.31 bits per heavy atom. The van der Waals surface area contributed by atoms with Gasteiger partial charge < -0.3 is 24.3 Å². The van der Waals surface area contributed by atoms with Crippen LogP contribution in [0.3, 0.4) is 0 Å². The average molecular weight is 619 g/mol. The topological polar surface area (TPSA) is 90.3 Å². The SMILES string of the molecule is CC.Cc1cc(N2CCN(C(=O)OC(C)(C)C)CC2)cnc1N1CCN2C(C)CN(c3cc(=O)n(C)c4ncccc34)CC2C1. The van der Waals surface area contributed by atoms with Crippen molar-refractivity contribution in [1.29, 1.82) is 0 Å². The van der Waals surface area contributed by atoms with Gasteiger partial charge in [0.25, 0.3) is 5.56 Å². The summed E-state index contributed by atoms with van der Waals surface area (Å²) >= 11 is 0. The molecule has 3 aliphatic rings. The van der Waals surface area contributed by atoms with Crippen LogP contribution in [0.25, 0.3) is 11.0 Å². The van der Waals surface area contributed by atoms with E-state index in [1.54, 1.807) is 28.8 Å². The number of fused-ring (bicyclic) bond motifs is 2. The van der Waals surface area contributed by atoms with E-state index in [-0.39, 0.29) is 11.7 Å². The molecule has 3 aliphatic heterocycles. The number of anilines is 3. The van der Waals surface area contributed by atoms with Gasteiger partial charge in [-0.3, -0.25) is 14.3 Å². The van der Waals surface area contributed by atoms with Gasteiger partial charge >= 0.3 is 6.09 Å². The predicted octanol–water partition coefficient (Wildman–Crippen LogP) is 4.12. The van der Waals surface area contributed by atoms with Crippen molar-refractivity contribution in [3.05, 3.63) is 52.6 Å². The van der Waals surface area contributed by atoms with Crippen molar-refractivity contribution < 1.29 is 9.53 Å². The monoisotopic (exact) mass is 618 g/mol. The van der Waals surface area contributed by atoms with E-state index in [4.69, 9.17) is 9.72 Å². The van der Waals surface area contributed by atoms with Gasteiger partial charge in [-0.15, -0.1) is 0 Å². The highest BCUT2D eigenvalue weighted by Gasteiger charge is 2.37. The van der Waals surface area contributed by atoms with Gasteiger partial charge in [-0.2, -0.15) is 0 Å². The van der Waals surface area contributed by atoms with Crippen molar-refractivity contribution in [3.8, 4) is 0 Å². The zero-order chi connectivity index (χ0) is 32.5. The van der Waals surface area contributed by atoms with Gasteiger partial charge in [0.15, 0.2) is 0 Å². The third-order valence-electron chi connectivity index (χ3n) is 8.95. The molecule has 0 aliphatic carbocycles. The van der Waals surface area contributed by atoms with E-state index in [1.807, 2.05) is 46.9 Å². The molecule has 11 heteroatoms. The van der Waals surface area contributed by atoms with Crippen molar-refractivity contribution >= 4 is 34.3 Å². The Morgan fingerprint density at radius 1 is 0.933 bits per heavy atom. The molecule has 2 atom stereocenters. The van der Waals surface area contributed by atoms with Crippen LogP contribution in [0.2, 0.25) is 0 Å². The first kappa shape index (κ1) is 32.5. The van der Waals surface area contributed by atoms with Crippen molar-refractivity contribution in [1.82, 2.24) is 24.3 Å². The van der Waals surface area contributed by atoms with Gasteiger partial charge in [-0.1, -0.05) is 13.8 Å². The summed E-state index contributed by atoms with van der Waals surface area (Å²) < 4.78 is 7.18. The number of carbonyl (C=O) groups excluding carboxylic acids is 1. The van der Waals surface area contributed by atoms with Gasteiger partial charge in [-0.05, 0) is 58.4 Å². The second-order valence-corrected chi connectivity index (χ2v) is 13.2. The lowest BCUT2D eigenvalue weighted by atomic mass is 10.0. The smallest absolute Gasteiger partial charge is 0.410 e. The minimum absolute atomic E-state index is 0.0345. The highest BCUT2D eigenvalue weighted by atomic mass is 16.6. The number of nitrogens with zero attached hydrogens (tertiary/aromatic N) is 8. The lowest BCUT2D eigenvalue weighted by molar-refractivity contribution is 0.0240. The Bertz CT molecular complexity index is 1560. The van der Waals surface area contributed by atoms with Gasteiger partial charge in [0.2, 0.25) is 0 Å². The Morgan fingerprint density at radius 2 is 1.62 bits per heavy atom. The second kappa shape index (κ2) is 13.2. The molecule has 0 bridgehead atoms. The minimum Gasteiger partial charge on any atom is -0.444 e. The van der Waals surface area contributed by atoms with Gasteiger partial charge in [0.05, 0.1) is 17.6 Å². The maximum atomic E-state index is 12.8. The van der Waals surface area contributed by atoms with E-state index in [9.17, 15) is 9.59 Å². The largest absolute Gasteiger partial charge is 0.444 e. The standard InChI is InChI=1S/C32H44N8O3.C2H6/c1-22-16-24(36-10-12-37(13-11-36)31(42)43-32(3,4)5)18-34-29(22)38-14-15-40-23(2)19-39(21-25(40)20-38)27-17-28(41)35(6)30-26(27)8-7-9-33-30;1-2/h7-9,16-18,23,25H,10-15,19-21H2,1-6H3;1-2H3. The first-order valence-corrected chi connectivity index (χ1v) is 16.4. The molecular weight excluding hydrogens is 568 g/mol. The van der Waals surface area contributed by atoms with Crippen LogP contribution in [0.4, 0.5) is 22.0 Å². The first-order chi connectivity index (χ1) is 21.5. The number of rotatable bonds is 3. The van der Waals surface area contributed by atoms with Gasteiger partial charge in [-0.25, -0.2) is 14.8 Å². The summed E-state index contributed by atoms with van der Waals surface area (Å²) in [5, 5.41) is 1.01. The lowest BCUT2D eigenvalue weighted by Gasteiger charge is -2.51. The van der Waals surface area contributed by atoms with Crippen LogP contribution in [0.15, 0.2) is 41.5 Å². The third-order valence-corrected chi connectivity index (χ3v) is 8.95. The van der Waals surface area contributed by atoms with Crippen LogP contribution in [0, 0.1) is 6.92 Å². The Balaban J connectivity index is 0.00000196. The summed E-state index contributed by atoms with van der Waals surface area (Å²) in [6.07, 6.45) is 3.48. The fraction of sp³-hybridized carbons (Fsp3) is 0.588. The molecule has 0 saturated carbocycles. The van der Waals surface area contributed by atoms with E-state index in [0.717, 1.165) is 79.6 Å². The average Bonchev–Trinajstić information content (AvgIpc) is 3.02. The summed E-state index contributed by atoms with van der Waals surface area (Å²) in [6, 6.07) is 8.69. The Hall–Kier alpha value is -3.86. The summed E-state index contributed by atoms with van der Waals surface area (Å²) in [6.45, 7) is 21.4. The van der Waals surface area contributed by atoms with Crippen LogP contribution in [-0.4, -0.2) is 107 Å². The molecule has 0 radical (unpaired) electrons. The molecule has 2 unspecified atom stereocenters. The number of pyridine rings is 3. The number of hydrogen-bond acceptors (Lipinski definition) is 9. The van der Waals surface area contributed by atoms with Crippen molar-refractivity contribution in [2.45, 2.75) is 66.2 Å². The number of aromatic nitrogens is 3. The quantitative estimate of drug-likeness (QED) is 0.430. The zero-order valence-corrected chi connectivity index (χ0v) is 28.3. The van der Waals surface area contributed by atoms with Crippen molar-refractivity contribution in [2.24, 2.45) is 7.05 Å². The molecule has 3 aromatic rings. The highest BCUT2D eigenvalue weighted by molar-refractivity contribution is 5.89. The van der Waals surface area contributed by atoms with Gasteiger partial charge in [0, 0.05) is 95.7 Å². The number of aryl methyl sites for hydroxylation is 2. The van der Waals surface area contributed by atoms with E-state index < -0.39 is 5.60 Å². The number of amides is 1.